The Morgan fingerprint density at radius 1 is 0.977 bits per heavy atom. The molecule has 0 saturated heterocycles. The molecule has 11 heteroatoms. The fourth-order valence-electron chi connectivity index (χ4n) is 4.10. The fraction of sp³-hybridized carbons (Fsp3) is 0.0909. The average Bonchev–Trinajstić information content (AvgIpc) is 3.73. The molecular formula is C33H27ClN4O4S2. The number of anilines is 2. The Kier molecular flexibility index (Phi) is 10.3. The molecule has 44 heavy (non-hydrogen) atoms. The van der Waals surface area contributed by atoms with Crippen LogP contribution in [0.1, 0.15) is 29.5 Å². The number of rotatable bonds is 11. The minimum Gasteiger partial charge on any atom is -0.465 e. The van der Waals surface area contributed by atoms with Crippen LogP contribution >= 0.6 is 34.7 Å². The van der Waals surface area contributed by atoms with Crippen LogP contribution in [0.15, 0.2) is 118 Å². The van der Waals surface area contributed by atoms with Gasteiger partial charge >= 0.3 is 0 Å². The molecular weight excluding hydrogens is 616 g/mol. The van der Waals surface area contributed by atoms with Crippen LogP contribution in [0.5, 0.6) is 0 Å². The first-order valence-corrected chi connectivity index (χ1v) is 15.7. The smallest absolute Gasteiger partial charge is 0.272 e. The first kappa shape index (κ1) is 30.8. The average molecular weight is 643 g/mol. The number of carbonyl (C=O) groups excluding carboxylic acids is 3. The van der Waals surface area contributed by atoms with Gasteiger partial charge in [-0.3, -0.25) is 14.4 Å². The predicted molar refractivity (Wildman–Crippen MR) is 177 cm³/mol. The lowest BCUT2D eigenvalue weighted by atomic mass is 10.2. The maximum Gasteiger partial charge on any atom is 0.272 e. The van der Waals surface area contributed by atoms with E-state index in [0.717, 1.165) is 10.5 Å². The summed E-state index contributed by atoms with van der Waals surface area (Å²) in [7, 11) is 0. The van der Waals surface area contributed by atoms with Crippen LogP contribution < -0.4 is 16.0 Å². The van der Waals surface area contributed by atoms with E-state index in [0.29, 0.717) is 39.3 Å². The lowest BCUT2D eigenvalue weighted by Gasteiger charge is -2.15. The Morgan fingerprint density at radius 3 is 2.52 bits per heavy atom. The Labute approximate surface area is 267 Å². The van der Waals surface area contributed by atoms with Crippen molar-refractivity contribution in [2.24, 2.45) is 0 Å². The second-order valence-corrected chi connectivity index (χ2v) is 11.9. The molecule has 5 aromatic rings. The van der Waals surface area contributed by atoms with E-state index in [2.05, 4.69) is 20.9 Å². The monoisotopic (exact) mass is 642 g/mol. The molecule has 5 rings (SSSR count). The summed E-state index contributed by atoms with van der Waals surface area (Å²) >= 11 is 9.01. The SMILES string of the molecule is CCC(Sc1cccc(NC(=O)/C(=C/c2ccco2)NC(=O)c2ccccc2)c1)C(=O)Nc1nc(-c2ccccc2Cl)cs1. The molecule has 0 aliphatic carbocycles. The van der Waals surface area contributed by atoms with E-state index in [1.165, 1.54) is 35.4 Å². The number of amides is 3. The predicted octanol–water partition coefficient (Wildman–Crippen LogP) is 7.98. The molecule has 3 aromatic carbocycles. The number of hydrogen-bond acceptors (Lipinski definition) is 7. The van der Waals surface area contributed by atoms with Crippen molar-refractivity contribution in [2.75, 3.05) is 10.6 Å². The van der Waals surface area contributed by atoms with Gasteiger partial charge < -0.3 is 20.4 Å². The molecule has 0 radical (unpaired) electrons. The van der Waals surface area contributed by atoms with Crippen molar-refractivity contribution in [3.63, 3.8) is 0 Å². The van der Waals surface area contributed by atoms with Crippen molar-refractivity contribution < 1.29 is 18.8 Å². The topological polar surface area (TPSA) is 113 Å². The number of thioether (sulfide) groups is 1. The third-order valence-electron chi connectivity index (χ3n) is 6.28. The largest absolute Gasteiger partial charge is 0.465 e. The molecule has 3 amide bonds. The second-order valence-electron chi connectivity index (χ2n) is 9.40. The molecule has 1 atom stereocenters. The van der Waals surface area contributed by atoms with Gasteiger partial charge in [0.15, 0.2) is 5.13 Å². The number of hydrogen-bond donors (Lipinski definition) is 3. The highest BCUT2D eigenvalue weighted by Gasteiger charge is 2.21. The van der Waals surface area contributed by atoms with Gasteiger partial charge in [0.05, 0.1) is 17.2 Å². The zero-order chi connectivity index (χ0) is 30.9. The van der Waals surface area contributed by atoms with Crippen molar-refractivity contribution in [1.29, 1.82) is 0 Å². The summed E-state index contributed by atoms with van der Waals surface area (Å²) < 4.78 is 5.36. The summed E-state index contributed by atoms with van der Waals surface area (Å²) in [6.45, 7) is 1.93. The van der Waals surface area contributed by atoms with Crippen LogP contribution in [0.25, 0.3) is 17.3 Å². The Morgan fingerprint density at radius 2 is 1.77 bits per heavy atom. The molecule has 8 nitrogen and oxygen atoms in total. The number of nitrogens with zero attached hydrogens (tertiary/aromatic N) is 1. The Bertz CT molecular complexity index is 1790. The lowest BCUT2D eigenvalue weighted by Crippen LogP contribution is -2.30. The molecule has 0 aliphatic heterocycles. The van der Waals surface area contributed by atoms with Crippen molar-refractivity contribution in [3.8, 4) is 11.3 Å². The molecule has 0 spiro atoms. The lowest BCUT2D eigenvalue weighted by molar-refractivity contribution is -0.116. The zero-order valence-electron chi connectivity index (χ0n) is 23.5. The highest BCUT2D eigenvalue weighted by Crippen LogP contribution is 2.32. The standard InChI is InChI=1S/C33H27ClN4O4S2/c1-2-29(32(41)38-33-37-28(20-43-33)25-15-6-7-16-26(25)34)44-24-14-8-12-22(18-24)35-31(40)27(19-23-13-9-17-42-23)36-30(39)21-10-4-3-5-11-21/h3-20,29H,2H2,1H3,(H,35,40)(H,36,39)(H,37,38,41)/b27-19-. The van der Waals surface area contributed by atoms with Gasteiger partial charge in [-0.15, -0.1) is 23.1 Å². The van der Waals surface area contributed by atoms with Gasteiger partial charge in [0.2, 0.25) is 5.91 Å². The van der Waals surface area contributed by atoms with Crippen LogP contribution in [0, 0.1) is 0 Å². The number of aromatic nitrogens is 1. The normalized spacial score (nSPS) is 11.9. The Balaban J connectivity index is 1.25. The van der Waals surface area contributed by atoms with E-state index in [1.54, 1.807) is 66.7 Å². The molecule has 222 valence electrons. The van der Waals surface area contributed by atoms with Crippen LogP contribution in [0.2, 0.25) is 5.02 Å². The van der Waals surface area contributed by atoms with Gasteiger partial charge in [-0.25, -0.2) is 4.98 Å². The number of nitrogens with one attached hydrogen (secondary N) is 3. The van der Waals surface area contributed by atoms with Gasteiger partial charge in [0.25, 0.3) is 11.8 Å². The quantitative estimate of drug-likeness (QED) is 0.0995. The van der Waals surface area contributed by atoms with Gasteiger partial charge in [-0.05, 0) is 55.0 Å². The molecule has 0 fully saturated rings. The minimum atomic E-state index is -0.532. The third kappa shape index (κ3) is 8.04. The highest BCUT2D eigenvalue weighted by molar-refractivity contribution is 8.00. The highest BCUT2D eigenvalue weighted by atomic mass is 35.5. The van der Waals surface area contributed by atoms with Crippen molar-refractivity contribution in [2.45, 2.75) is 23.5 Å². The Hall–Kier alpha value is -4.64. The van der Waals surface area contributed by atoms with Gasteiger partial charge in [0.1, 0.15) is 11.5 Å². The van der Waals surface area contributed by atoms with Crippen LogP contribution in [0.4, 0.5) is 10.8 Å². The van der Waals surface area contributed by atoms with Gasteiger partial charge in [0, 0.05) is 38.2 Å². The van der Waals surface area contributed by atoms with Gasteiger partial charge in [-0.2, -0.15) is 0 Å². The van der Waals surface area contributed by atoms with Crippen molar-refractivity contribution >= 4 is 69.3 Å². The minimum absolute atomic E-state index is 0.0114. The maximum atomic E-state index is 13.3. The molecule has 1 unspecified atom stereocenters. The fourth-order valence-corrected chi connectivity index (χ4v) is 6.06. The summed E-state index contributed by atoms with van der Waals surface area (Å²) in [6.07, 6.45) is 3.51. The van der Waals surface area contributed by atoms with E-state index in [-0.39, 0.29) is 11.6 Å². The van der Waals surface area contributed by atoms with E-state index in [9.17, 15) is 14.4 Å². The number of carbonyl (C=O) groups is 3. The molecule has 3 N–H and O–H groups in total. The number of halogens is 1. The number of thiazole rings is 1. The molecule has 0 bridgehead atoms. The third-order valence-corrected chi connectivity index (χ3v) is 8.72. The van der Waals surface area contributed by atoms with E-state index < -0.39 is 17.1 Å². The zero-order valence-corrected chi connectivity index (χ0v) is 25.8. The van der Waals surface area contributed by atoms with Crippen LogP contribution in [-0.2, 0) is 9.59 Å². The first-order valence-electron chi connectivity index (χ1n) is 13.6. The molecule has 2 aromatic heterocycles. The molecule has 0 aliphatic rings. The second kappa shape index (κ2) is 14.7. The summed E-state index contributed by atoms with van der Waals surface area (Å²) in [6, 6.07) is 26.6. The van der Waals surface area contributed by atoms with Crippen LogP contribution in [-0.4, -0.2) is 28.0 Å². The van der Waals surface area contributed by atoms with Crippen molar-refractivity contribution in [3.05, 3.63) is 125 Å². The van der Waals surface area contributed by atoms with E-state index >= 15 is 0 Å². The summed E-state index contributed by atoms with van der Waals surface area (Å²) in [5.41, 5.74) is 2.41. The molecule has 2 heterocycles. The first-order chi connectivity index (χ1) is 21.4. The summed E-state index contributed by atoms with van der Waals surface area (Å²) in [5, 5.41) is 11.0. The summed E-state index contributed by atoms with van der Waals surface area (Å²) in [5.74, 6) is -0.738. The number of furan rings is 1. The van der Waals surface area contributed by atoms with E-state index in [1.807, 2.05) is 36.6 Å². The molecule has 0 saturated carbocycles. The van der Waals surface area contributed by atoms with Gasteiger partial charge in [-0.1, -0.05) is 61.0 Å². The van der Waals surface area contributed by atoms with Crippen LogP contribution in [0.3, 0.4) is 0 Å². The number of benzene rings is 3. The maximum absolute atomic E-state index is 13.3. The van der Waals surface area contributed by atoms with Crippen molar-refractivity contribution in [1.82, 2.24) is 10.3 Å². The summed E-state index contributed by atoms with van der Waals surface area (Å²) in [4.78, 5) is 44.6. The van der Waals surface area contributed by atoms with E-state index in [4.69, 9.17) is 16.0 Å².